The molecule has 27 nitrogen and oxygen atoms in total. The fraction of sp³-hybridized carbons (Fsp3) is 0.564. The molecule has 0 radical (unpaired) electrons. The number of H-pyrrole nitrogens is 2. The first-order valence-corrected chi connectivity index (χ1v) is 33.1. The normalized spacial score (nSPS) is 18.8. The molecule has 0 saturated carbocycles. The molecule has 4 atom stereocenters. The van der Waals surface area contributed by atoms with E-state index in [1.165, 1.54) is 12.7 Å². The molecule has 6 aromatic heterocycles. The Morgan fingerprint density at radius 2 is 1.20 bits per heavy atom. The highest BCUT2D eigenvalue weighted by molar-refractivity contribution is 6.76. The summed E-state index contributed by atoms with van der Waals surface area (Å²) in [6, 6.07) is 7.04. The smallest absolute Gasteiger partial charge is 0.410 e. The number of amides is 3. The van der Waals surface area contributed by atoms with Crippen LogP contribution in [0.4, 0.5) is 32.7 Å². The molecule has 1 aromatic carbocycles. The van der Waals surface area contributed by atoms with Crippen molar-refractivity contribution in [2.45, 2.75) is 135 Å². The second kappa shape index (κ2) is 28.8. The van der Waals surface area contributed by atoms with Gasteiger partial charge in [-0.25, -0.2) is 44.2 Å². The van der Waals surface area contributed by atoms with Crippen LogP contribution in [0.3, 0.4) is 0 Å². The number of benzene rings is 1. The van der Waals surface area contributed by atoms with Crippen molar-refractivity contribution < 1.29 is 28.6 Å². The SMILES string of the molecule is CC(C)(C)OC(=O)N1CC[C@H](N)C1.CC(C)(C)OC(=O)N1CC[C@H](Nc2ncnc3c2cnn3COCC[Si](C)(C)C)C1.O=C(CNc1cc(Cl)cc(Cl)c1)N1CC[C@H](Nc2ncnc3[nH]ncc23)C1.c1nc(N[C@H]2CCNC2)c2cn[nH]c2n1. The topological polar surface area (TPSA) is 327 Å². The third kappa shape index (κ3) is 19.4. The molecule has 4 saturated heterocycles. The van der Waals surface area contributed by atoms with Gasteiger partial charge >= 0.3 is 12.2 Å². The molecule has 7 aromatic rings. The quantitative estimate of drug-likeness (QED) is 0.0388. The van der Waals surface area contributed by atoms with Crippen molar-refractivity contribution in [3.8, 4) is 0 Å². The molecule has 85 heavy (non-hydrogen) atoms. The number of nitrogens with two attached hydrogens (primary N) is 1. The van der Waals surface area contributed by atoms with Crippen molar-refractivity contribution in [2.24, 2.45) is 5.73 Å². The molecule has 0 bridgehead atoms. The Balaban J connectivity index is 0.000000156. The highest BCUT2D eigenvalue weighted by Crippen LogP contribution is 2.26. The predicted octanol–water partition coefficient (Wildman–Crippen LogP) is 7.43. The maximum atomic E-state index is 12.5. The average Bonchev–Trinajstić information content (AvgIpc) is 4.16. The number of aromatic amines is 2. The monoisotopic (exact) mass is 1230 g/mol. The maximum Gasteiger partial charge on any atom is 0.410 e. The van der Waals surface area contributed by atoms with Crippen LogP contribution in [0.2, 0.25) is 35.7 Å². The Labute approximate surface area is 505 Å². The zero-order chi connectivity index (χ0) is 60.9. The molecular weight excluding hydrogens is 1150 g/mol. The van der Waals surface area contributed by atoms with Gasteiger partial charge in [-0.15, -0.1) is 0 Å². The van der Waals surface area contributed by atoms with Crippen LogP contribution in [0.25, 0.3) is 33.1 Å². The highest BCUT2D eigenvalue weighted by Gasteiger charge is 2.32. The minimum atomic E-state index is -1.12. The Kier molecular flexibility index (Phi) is 21.6. The molecule has 4 fully saturated rings. The van der Waals surface area contributed by atoms with E-state index < -0.39 is 19.3 Å². The summed E-state index contributed by atoms with van der Waals surface area (Å²) in [6.07, 6.45) is 12.9. The fourth-order valence-corrected chi connectivity index (χ4v) is 10.7. The van der Waals surface area contributed by atoms with Crippen molar-refractivity contribution in [3.63, 3.8) is 0 Å². The van der Waals surface area contributed by atoms with Crippen LogP contribution in [-0.2, 0) is 25.7 Å². The van der Waals surface area contributed by atoms with E-state index in [0.717, 1.165) is 109 Å². The lowest BCUT2D eigenvalue weighted by Gasteiger charge is -2.24. The maximum absolute atomic E-state index is 12.5. The molecule has 0 unspecified atom stereocenters. The first-order chi connectivity index (χ1) is 40.4. The number of rotatable bonds is 14. The van der Waals surface area contributed by atoms with Crippen molar-refractivity contribution in [2.75, 3.05) is 86.8 Å². The van der Waals surface area contributed by atoms with Crippen molar-refractivity contribution in [1.29, 1.82) is 0 Å². The summed E-state index contributed by atoms with van der Waals surface area (Å²) in [5.74, 6) is 2.33. The van der Waals surface area contributed by atoms with E-state index in [9.17, 15) is 14.4 Å². The summed E-state index contributed by atoms with van der Waals surface area (Å²) in [5, 5.41) is 38.3. The summed E-state index contributed by atoms with van der Waals surface area (Å²) in [7, 11) is -1.12. The van der Waals surface area contributed by atoms with Crippen LogP contribution in [0.15, 0.2) is 55.8 Å². The summed E-state index contributed by atoms with van der Waals surface area (Å²) < 4.78 is 18.2. The number of hydrogen-bond donors (Lipinski definition) is 8. The Morgan fingerprint density at radius 3 is 1.74 bits per heavy atom. The van der Waals surface area contributed by atoms with Gasteiger partial charge in [0.1, 0.15) is 54.4 Å². The number of nitrogens with one attached hydrogen (secondary N) is 7. The largest absolute Gasteiger partial charge is 0.444 e. The number of likely N-dealkylation sites (tertiary alicyclic amines) is 3. The minimum Gasteiger partial charge on any atom is -0.444 e. The number of fused-ring (bicyclic) bond motifs is 3. The minimum absolute atomic E-state index is 0.0199. The Morgan fingerprint density at radius 1 is 0.671 bits per heavy atom. The molecule has 4 aliphatic heterocycles. The molecule has 0 spiro atoms. The Bertz CT molecular complexity index is 3300. The number of carbonyl (C=O) groups is 3. The number of hydrogen-bond acceptors (Lipinski definition) is 21. The second-order valence-corrected chi connectivity index (χ2v) is 31.0. The van der Waals surface area contributed by atoms with Gasteiger partial charge in [0.2, 0.25) is 5.91 Å². The lowest BCUT2D eigenvalue weighted by atomic mass is 10.2. The zero-order valence-electron chi connectivity index (χ0n) is 49.9. The second-order valence-electron chi connectivity index (χ2n) is 24.5. The van der Waals surface area contributed by atoms with E-state index in [1.54, 1.807) is 57.6 Å². The van der Waals surface area contributed by atoms with Gasteiger partial charge in [-0.3, -0.25) is 15.0 Å². The highest BCUT2D eigenvalue weighted by atomic mass is 35.5. The average molecular weight is 1230 g/mol. The standard InChI is InChI=1S/C20H34N6O3Si.C17H17Cl2N7O.C9H12N6.C9H18N2O2/c1-20(2,3)29-19(27)25-8-7-15(12-25)24-17-16-11-23-26(18(16)22-13-21-17)14-28-9-10-30(4,5)6;18-10-3-11(19)5-13(4-10)20-7-15(27)26-2-1-12(8-26)24-16-14-6-23-25-17(14)22-9-21-16;1-2-10-3-6(1)14-8-7-4-13-15-9(7)12-5-11-8;1-9(2,3)13-8(12)11-5-4-7(10)6-11/h11,13,15H,7-10,12,14H2,1-6H3,(H,21,22,24);3-6,9,12,20H,1-2,7-8H2,(H2,21,22,23,24,25);4-6,10H,1-3H2,(H2,11,12,13,14,15);7H,4-6,10H2,1-3H3/t15-;12-;6-;7-/m0000/s1. The van der Waals surface area contributed by atoms with Crippen molar-refractivity contribution in [1.82, 2.24) is 80.1 Å². The number of aromatic nitrogens is 12. The first-order valence-electron chi connectivity index (χ1n) is 28.6. The summed E-state index contributed by atoms with van der Waals surface area (Å²) in [4.78, 5) is 67.0. The molecule has 9 N–H and O–H groups in total. The van der Waals surface area contributed by atoms with Crippen LogP contribution in [0, 0.1) is 0 Å². The van der Waals surface area contributed by atoms with Gasteiger partial charge in [0.25, 0.3) is 0 Å². The van der Waals surface area contributed by atoms with Gasteiger partial charge in [0.05, 0.1) is 41.3 Å². The van der Waals surface area contributed by atoms with Crippen LogP contribution in [0.5, 0.6) is 0 Å². The Hall–Kier alpha value is -7.24. The van der Waals surface area contributed by atoms with E-state index in [0.29, 0.717) is 61.2 Å². The van der Waals surface area contributed by atoms with Gasteiger partial charge in [-0.2, -0.15) is 15.3 Å². The third-order valence-corrected chi connectivity index (χ3v) is 15.9. The van der Waals surface area contributed by atoms with Crippen LogP contribution >= 0.6 is 23.2 Å². The van der Waals surface area contributed by atoms with E-state index in [1.807, 2.05) is 46.4 Å². The van der Waals surface area contributed by atoms with E-state index in [2.05, 4.69) is 102 Å². The molecule has 0 aliphatic carbocycles. The van der Waals surface area contributed by atoms with Gasteiger partial charge in [0.15, 0.2) is 16.9 Å². The summed E-state index contributed by atoms with van der Waals surface area (Å²) in [6.45, 7) is 25.4. The van der Waals surface area contributed by atoms with Crippen LogP contribution in [0.1, 0.15) is 67.2 Å². The van der Waals surface area contributed by atoms with Crippen LogP contribution < -0.4 is 32.3 Å². The van der Waals surface area contributed by atoms with Gasteiger partial charge in [0, 0.05) is 100 Å². The molecule has 10 heterocycles. The van der Waals surface area contributed by atoms with Gasteiger partial charge in [-0.05, 0) is 98.0 Å². The molecule has 460 valence electrons. The molecule has 3 amide bonds. The van der Waals surface area contributed by atoms with Gasteiger partial charge in [-0.1, -0.05) is 42.8 Å². The van der Waals surface area contributed by atoms with Crippen LogP contribution in [-0.4, -0.2) is 202 Å². The summed E-state index contributed by atoms with van der Waals surface area (Å²) in [5.41, 5.74) is 7.69. The number of nitrogens with zero attached hydrogens (tertiary/aromatic N) is 13. The number of anilines is 4. The fourth-order valence-electron chi connectivity index (χ4n) is 9.45. The predicted molar refractivity (Wildman–Crippen MR) is 331 cm³/mol. The first kappa shape index (κ1) is 63.8. The molecule has 4 aliphatic rings. The zero-order valence-corrected chi connectivity index (χ0v) is 52.4. The van der Waals surface area contributed by atoms with Crippen molar-refractivity contribution in [3.05, 3.63) is 65.8 Å². The van der Waals surface area contributed by atoms with E-state index in [4.69, 9.17) is 43.1 Å². The number of ether oxygens (including phenoxy) is 3. The van der Waals surface area contributed by atoms with E-state index >= 15 is 0 Å². The van der Waals surface area contributed by atoms with Crippen molar-refractivity contribution >= 4 is 106 Å². The van der Waals surface area contributed by atoms with Gasteiger partial charge < -0.3 is 61.2 Å². The molecule has 11 rings (SSSR count). The van der Waals surface area contributed by atoms with E-state index in [-0.39, 0.29) is 42.8 Å². The lowest BCUT2D eigenvalue weighted by Crippen LogP contribution is -2.36. The molecular formula is C55H81Cl2N21O6Si. The third-order valence-electron chi connectivity index (χ3n) is 13.8. The number of carbonyl (C=O) groups excluding carboxylic acids is 3. The summed E-state index contributed by atoms with van der Waals surface area (Å²) >= 11 is 12.0. The molecule has 30 heteroatoms. The number of halogens is 2. The lowest BCUT2D eigenvalue weighted by molar-refractivity contribution is -0.128.